The minimum absolute atomic E-state index is 0.0427. The van der Waals surface area contributed by atoms with Gasteiger partial charge in [-0.1, -0.05) is 0 Å². The van der Waals surface area contributed by atoms with Crippen molar-refractivity contribution in [3.8, 4) is 22.9 Å². The maximum atomic E-state index is 14.8. The van der Waals surface area contributed by atoms with Gasteiger partial charge in [-0.25, -0.2) is 9.37 Å². The van der Waals surface area contributed by atoms with E-state index in [-0.39, 0.29) is 11.7 Å². The summed E-state index contributed by atoms with van der Waals surface area (Å²) in [6.07, 6.45) is 5.84. The van der Waals surface area contributed by atoms with Gasteiger partial charge in [-0.3, -0.25) is 9.36 Å². The molecule has 0 bridgehead atoms. The molecular weight excluding hydrogens is 511 g/mol. The number of nitrogens with zero attached hydrogens (tertiary/aromatic N) is 2. The lowest BCUT2D eigenvalue weighted by Gasteiger charge is -2.23. The van der Waals surface area contributed by atoms with E-state index in [2.05, 4.69) is 10.6 Å². The van der Waals surface area contributed by atoms with E-state index in [1.54, 1.807) is 18.5 Å². The number of aryl methyl sites for hydroxylation is 1. The molecule has 1 saturated heterocycles. The van der Waals surface area contributed by atoms with Crippen molar-refractivity contribution in [3.63, 3.8) is 0 Å². The summed E-state index contributed by atoms with van der Waals surface area (Å²) in [5.74, 6) is 0.931. The molecule has 208 valence electrons. The maximum Gasteiger partial charge on any atom is 0.251 e. The highest BCUT2D eigenvalue weighted by atomic mass is 19.1. The van der Waals surface area contributed by atoms with Gasteiger partial charge in [0.05, 0.1) is 18.3 Å². The molecule has 2 fully saturated rings. The number of methoxy groups -OCH3 is 1. The topological polar surface area (TPSA) is 86.6 Å². The molecule has 8 nitrogen and oxygen atoms in total. The average molecular weight is 545 g/mol. The summed E-state index contributed by atoms with van der Waals surface area (Å²) in [6.45, 7) is 4.25. The number of imidazole rings is 1. The molecule has 0 atom stereocenters. The Bertz CT molecular complexity index is 1540. The average Bonchev–Trinajstić information content (AvgIpc) is 3.68. The Labute approximate surface area is 232 Å². The van der Waals surface area contributed by atoms with Crippen LogP contribution in [0.2, 0.25) is 0 Å². The fourth-order valence-electron chi connectivity index (χ4n) is 5.06. The molecule has 6 rings (SSSR count). The zero-order chi connectivity index (χ0) is 27.6. The second-order valence-corrected chi connectivity index (χ2v) is 10.5. The summed E-state index contributed by atoms with van der Waals surface area (Å²) in [7, 11) is 1.49. The normalized spacial score (nSPS) is 15.7. The number of fused-ring (bicyclic) bond motifs is 1. The van der Waals surface area contributed by atoms with Crippen LogP contribution in [-0.2, 0) is 4.74 Å². The highest BCUT2D eigenvalue weighted by Crippen LogP contribution is 2.35. The number of halogens is 1. The molecule has 0 unspecified atom stereocenters. The first-order valence-corrected chi connectivity index (χ1v) is 13.7. The van der Waals surface area contributed by atoms with Gasteiger partial charge in [-0.05, 0) is 74.4 Å². The number of carbonyl (C=O) groups excluding carboxylic acids is 1. The molecule has 2 heterocycles. The van der Waals surface area contributed by atoms with Gasteiger partial charge >= 0.3 is 0 Å². The maximum absolute atomic E-state index is 14.8. The zero-order valence-corrected chi connectivity index (χ0v) is 22.7. The smallest absolute Gasteiger partial charge is 0.251 e. The number of amides is 1. The molecule has 0 spiro atoms. The lowest BCUT2D eigenvalue weighted by atomic mass is 10.0. The Morgan fingerprint density at radius 3 is 2.62 bits per heavy atom. The summed E-state index contributed by atoms with van der Waals surface area (Å²) in [4.78, 5) is 17.4. The van der Waals surface area contributed by atoms with E-state index < -0.39 is 5.82 Å². The van der Waals surface area contributed by atoms with Gasteiger partial charge in [0.1, 0.15) is 23.3 Å². The molecule has 2 aliphatic rings. The van der Waals surface area contributed by atoms with Crippen LogP contribution in [-0.4, -0.2) is 48.4 Å². The third-order valence-electron chi connectivity index (χ3n) is 7.56. The molecule has 2 N–H and O–H groups in total. The fraction of sp³-hybridized carbons (Fsp3) is 0.355. The molecule has 1 amide bonds. The Morgan fingerprint density at radius 1 is 1.07 bits per heavy atom. The highest BCUT2D eigenvalue weighted by Gasteiger charge is 2.24. The van der Waals surface area contributed by atoms with Gasteiger partial charge in [0.2, 0.25) is 0 Å². The van der Waals surface area contributed by atoms with Crippen molar-refractivity contribution in [1.82, 2.24) is 14.9 Å². The van der Waals surface area contributed by atoms with Crippen LogP contribution >= 0.6 is 0 Å². The minimum atomic E-state index is -0.514. The number of hydrogen-bond donors (Lipinski definition) is 2. The third kappa shape index (κ3) is 5.60. The van der Waals surface area contributed by atoms with Crippen LogP contribution in [0, 0.1) is 18.7 Å². The van der Waals surface area contributed by atoms with Crippen molar-refractivity contribution in [2.24, 2.45) is 5.92 Å². The van der Waals surface area contributed by atoms with E-state index in [4.69, 9.17) is 19.2 Å². The molecule has 1 aliphatic carbocycles. The van der Waals surface area contributed by atoms with E-state index in [1.807, 2.05) is 41.8 Å². The molecular formula is C31H33FN4O4. The van der Waals surface area contributed by atoms with Gasteiger partial charge in [0.15, 0.2) is 11.6 Å². The first-order chi connectivity index (χ1) is 19.5. The van der Waals surface area contributed by atoms with Gasteiger partial charge < -0.3 is 24.8 Å². The van der Waals surface area contributed by atoms with Crippen LogP contribution in [0.3, 0.4) is 0 Å². The van der Waals surface area contributed by atoms with Gasteiger partial charge in [-0.2, -0.15) is 0 Å². The van der Waals surface area contributed by atoms with Crippen molar-refractivity contribution in [3.05, 3.63) is 71.8 Å². The van der Waals surface area contributed by atoms with E-state index in [0.717, 1.165) is 73.4 Å². The molecule has 40 heavy (non-hydrogen) atoms. The number of rotatable bonds is 9. The molecule has 4 aromatic rings. The van der Waals surface area contributed by atoms with E-state index in [9.17, 15) is 9.18 Å². The Morgan fingerprint density at radius 2 is 1.90 bits per heavy atom. The standard InChI is InChI=1S/C31H33FN4O4/c1-19-13-22(5-7-25(19)31(37)35-21-3-4-21)36-18-34-30-27(33-17-20-9-11-39-12-10-20)15-24(16-28(30)36)40-29-8-6-23(38-2)14-26(29)32/h5-8,13-16,18,20-21,33H,3-4,9-12,17H2,1-2H3,(H,35,37). The van der Waals surface area contributed by atoms with Gasteiger partial charge in [0.25, 0.3) is 5.91 Å². The Kier molecular flexibility index (Phi) is 7.30. The minimum Gasteiger partial charge on any atom is -0.497 e. The fourth-order valence-corrected chi connectivity index (χ4v) is 5.06. The van der Waals surface area contributed by atoms with Crippen molar-refractivity contribution in [2.75, 3.05) is 32.2 Å². The second kappa shape index (κ2) is 11.2. The van der Waals surface area contributed by atoms with E-state index >= 15 is 0 Å². The first kappa shape index (κ1) is 26.1. The quantitative estimate of drug-likeness (QED) is 0.269. The zero-order valence-electron chi connectivity index (χ0n) is 22.7. The Hall–Kier alpha value is -4.11. The summed E-state index contributed by atoms with van der Waals surface area (Å²) in [6, 6.07) is 14.3. The molecule has 9 heteroatoms. The number of hydrogen-bond acceptors (Lipinski definition) is 6. The monoisotopic (exact) mass is 544 g/mol. The summed E-state index contributed by atoms with van der Waals surface area (Å²) in [5, 5.41) is 6.62. The third-order valence-corrected chi connectivity index (χ3v) is 7.56. The number of benzene rings is 3. The number of ether oxygens (including phenoxy) is 3. The van der Waals surface area contributed by atoms with Crippen LogP contribution in [0.5, 0.6) is 17.2 Å². The van der Waals surface area contributed by atoms with E-state index in [1.165, 1.54) is 13.2 Å². The summed E-state index contributed by atoms with van der Waals surface area (Å²) < 4.78 is 33.4. The van der Waals surface area contributed by atoms with Gasteiger partial charge in [0, 0.05) is 55.3 Å². The largest absolute Gasteiger partial charge is 0.497 e. The number of aromatic nitrogens is 2. The van der Waals surface area contributed by atoms with Crippen LogP contribution in [0.25, 0.3) is 16.7 Å². The molecule has 1 aliphatic heterocycles. The molecule has 1 saturated carbocycles. The number of anilines is 1. The van der Waals surface area contributed by atoms with Crippen molar-refractivity contribution in [2.45, 2.75) is 38.6 Å². The van der Waals surface area contributed by atoms with Crippen molar-refractivity contribution < 1.29 is 23.4 Å². The lowest BCUT2D eigenvalue weighted by Crippen LogP contribution is -2.26. The number of nitrogens with one attached hydrogen (secondary N) is 2. The van der Waals surface area contributed by atoms with Crippen molar-refractivity contribution >= 4 is 22.6 Å². The number of carbonyl (C=O) groups is 1. The summed E-state index contributed by atoms with van der Waals surface area (Å²) >= 11 is 0. The molecule has 1 aromatic heterocycles. The lowest BCUT2D eigenvalue weighted by molar-refractivity contribution is 0.0699. The molecule has 3 aromatic carbocycles. The first-order valence-electron chi connectivity index (χ1n) is 13.7. The van der Waals surface area contributed by atoms with Crippen LogP contribution in [0.15, 0.2) is 54.9 Å². The second-order valence-electron chi connectivity index (χ2n) is 10.5. The van der Waals surface area contributed by atoms with Crippen molar-refractivity contribution in [1.29, 1.82) is 0 Å². The predicted octanol–water partition coefficient (Wildman–Crippen LogP) is 6.00. The van der Waals surface area contributed by atoms with Crippen LogP contribution in [0.1, 0.15) is 41.6 Å². The Balaban J connectivity index is 1.35. The van der Waals surface area contributed by atoms with Crippen LogP contribution < -0.4 is 20.1 Å². The highest BCUT2D eigenvalue weighted by molar-refractivity contribution is 5.96. The SMILES string of the molecule is COc1ccc(Oc2cc(NCC3CCOCC3)c3ncn(-c4ccc(C(=O)NC5CC5)c(C)c4)c3c2)c(F)c1. The summed E-state index contributed by atoms with van der Waals surface area (Å²) in [5.41, 5.74) is 4.80. The molecule has 0 radical (unpaired) electrons. The van der Waals surface area contributed by atoms with E-state index in [0.29, 0.717) is 29.0 Å². The predicted molar refractivity (Wildman–Crippen MR) is 151 cm³/mol. The van der Waals surface area contributed by atoms with Crippen LogP contribution in [0.4, 0.5) is 10.1 Å². The van der Waals surface area contributed by atoms with Gasteiger partial charge in [-0.15, -0.1) is 0 Å².